The minimum absolute atomic E-state index is 0.0915. The Morgan fingerprint density at radius 3 is 2.80 bits per heavy atom. The normalized spacial score (nSPS) is 10.4. The fraction of sp³-hybridized carbons (Fsp3) is 0.312. The average Bonchev–Trinajstić information content (AvgIpc) is 2.95. The van der Waals surface area contributed by atoms with Crippen LogP contribution in [-0.2, 0) is 11.2 Å². The van der Waals surface area contributed by atoms with Gasteiger partial charge in [0.15, 0.2) is 0 Å². The van der Waals surface area contributed by atoms with Crippen LogP contribution < -0.4 is 10.6 Å². The van der Waals surface area contributed by atoms with Crippen LogP contribution >= 0.6 is 0 Å². The van der Waals surface area contributed by atoms with Gasteiger partial charge in [0.2, 0.25) is 5.91 Å². The molecule has 2 rings (SSSR count). The summed E-state index contributed by atoms with van der Waals surface area (Å²) in [5, 5.41) is 0. The summed E-state index contributed by atoms with van der Waals surface area (Å²) in [5.74, 6) is 0.927. The number of nitrogen functional groups attached to an aromatic ring is 1. The molecule has 0 aliphatic carbocycles. The number of nitrogens with two attached hydrogens (primary N) is 1. The SMILES string of the molecule is CCCN(C(=O)CCc1ccco1)c1cccc(N)c1. The average molecular weight is 272 g/mol. The van der Waals surface area contributed by atoms with Crippen LogP contribution in [0.25, 0.3) is 0 Å². The molecule has 0 spiro atoms. The monoisotopic (exact) mass is 272 g/mol. The minimum atomic E-state index is 0.0915. The molecule has 1 aromatic heterocycles. The predicted molar refractivity (Wildman–Crippen MR) is 80.5 cm³/mol. The summed E-state index contributed by atoms with van der Waals surface area (Å²) in [6.45, 7) is 2.75. The fourth-order valence-corrected chi connectivity index (χ4v) is 2.13. The molecule has 106 valence electrons. The van der Waals surface area contributed by atoms with E-state index < -0.39 is 0 Å². The number of benzene rings is 1. The first-order valence-electron chi connectivity index (χ1n) is 6.89. The number of carbonyl (C=O) groups excluding carboxylic acids is 1. The van der Waals surface area contributed by atoms with Crippen molar-refractivity contribution in [3.8, 4) is 0 Å². The van der Waals surface area contributed by atoms with E-state index in [1.54, 1.807) is 11.2 Å². The van der Waals surface area contributed by atoms with Crippen LogP contribution in [-0.4, -0.2) is 12.5 Å². The van der Waals surface area contributed by atoms with Crippen LogP contribution in [0, 0.1) is 0 Å². The summed E-state index contributed by atoms with van der Waals surface area (Å²) in [6.07, 6.45) is 3.58. The van der Waals surface area contributed by atoms with Crippen molar-refractivity contribution in [2.75, 3.05) is 17.2 Å². The summed E-state index contributed by atoms with van der Waals surface area (Å²) >= 11 is 0. The van der Waals surface area contributed by atoms with Gasteiger partial charge >= 0.3 is 0 Å². The van der Waals surface area contributed by atoms with Crippen molar-refractivity contribution in [2.45, 2.75) is 26.2 Å². The summed E-state index contributed by atoms with van der Waals surface area (Å²) in [5.41, 5.74) is 7.32. The van der Waals surface area contributed by atoms with E-state index in [9.17, 15) is 4.79 Å². The topological polar surface area (TPSA) is 59.5 Å². The molecule has 0 atom stereocenters. The number of anilines is 2. The van der Waals surface area contributed by atoms with Crippen molar-refractivity contribution >= 4 is 17.3 Å². The number of amides is 1. The Hall–Kier alpha value is -2.23. The molecule has 0 aliphatic heterocycles. The van der Waals surface area contributed by atoms with Gasteiger partial charge in [0, 0.05) is 30.8 Å². The first-order chi connectivity index (χ1) is 9.70. The van der Waals surface area contributed by atoms with E-state index in [1.165, 1.54) is 0 Å². The Balaban J connectivity index is 2.05. The molecule has 0 bridgehead atoms. The molecule has 1 amide bonds. The van der Waals surface area contributed by atoms with E-state index in [1.807, 2.05) is 36.4 Å². The highest BCUT2D eigenvalue weighted by molar-refractivity contribution is 5.93. The number of hydrogen-bond donors (Lipinski definition) is 1. The van der Waals surface area contributed by atoms with Gasteiger partial charge in [0.25, 0.3) is 0 Å². The maximum Gasteiger partial charge on any atom is 0.227 e. The Labute approximate surface area is 119 Å². The van der Waals surface area contributed by atoms with Crippen molar-refractivity contribution < 1.29 is 9.21 Å². The molecule has 2 N–H and O–H groups in total. The second-order valence-electron chi connectivity index (χ2n) is 4.72. The smallest absolute Gasteiger partial charge is 0.227 e. The first-order valence-corrected chi connectivity index (χ1v) is 6.89. The van der Waals surface area contributed by atoms with Gasteiger partial charge in [0.1, 0.15) is 5.76 Å². The lowest BCUT2D eigenvalue weighted by atomic mass is 10.2. The lowest BCUT2D eigenvalue weighted by Gasteiger charge is -2.22. The van der Waals surface area contributed by atoms with Gasteiger partial charge < -0.3 is 15.1 Å². The fourth-order valence-electron chi connectivity index (χ4n) is 2.13. The van der Waals surface area contributed by atoms with Crippen LogP contribution in [0.5, 0.6) is 0 Å². The van der Waals surface area contributed by atoms with Gasteiger partial charge in [-0.2, -0.15) is 0 Å². The molecule has 0 saturated carbocycles. The van der Waals surface area contributed by atoms with Crippen LogP contribution in [0.15, 0.2) is 47.1 Å². The maximum atomic E-state index is 12.4. The molecule has 0 fully saturated rings. The van der Waals surface area contributed by atoms with E-state index >= 15 is 0 Å². The van der Waals surface area contributed by atoms with Crippen LogP contribution in [0.4, 0.5) is 11.4 Å². The molecule has 20 heavy (non-hydrogen) atoms. The third-order valence-electron chi connectivity index (χ3n) is 3.10. The van der Waals surface area contributed by atoms with E-state index in [0.29, 0.717) is 25.1 Å². The van der Waals surface area contributed by atoms with E-state index in [2.05, 4.69) is 6.92 Å². The summed E-state index contributed by atoms with van der Waals surface area (Å²) in [7, 11) is 0. The van der Waals surface area contributed by atoms with Crippen molar-refractivity contribution in [1.82, 2.24) is 0 Å². The van der Waals surface area contributed by atoms with Crippen molar-refractivity contribution in [3.05, 3.63) is 48.4 Å². The first kappa shape index (κ1) is 14.2. The zero-order valence-electron chi connectivity index (χ0n) is 11.7. The Kier molecular flexibility index (Phi) is 4.82. The molecule has 0 radical (unpaired) electrons. The molecule has 0 unspecified atom stereocenters. The highest BCUT2D eigenvalue weighted by Crippen LogP contribution is 2.19. The summed E-state index contributed by atoms with van der Waals surface area (Å²) in [6, 6.07) is 11.2. The van der Waals surface area contributed by atoms with Gasteiger partial charge in [-0.05, 0) is 36.8 Å². The Bertz CT molecular complexity index is 549. The number of aryl methyl sites for hydroxylation is 1. The highest BCUT2D eigenvalue weighted by Gasteiger charge is 2.15. The molecule has 0 saturated heterocycles. The zero-order chi connectivity index (χ0) is 14.4. The highest BCUT2D eigenvalue weighted by atomic mass is 16.3. The number of rotatable bonds is 6. The standard InChI is InChI=1S/C16H20N2O2/c1-2-10-18(14-6-3-5-13(17)12-14)16(19)9-8-15-7-4-11-20-15/h3-7,11-12H,2,8-10,17H2,1H3. The van der Waals surface area contributed by atoms with Crippen molar-refractivity contribution in [1.29, 1.82) is 0 Å². The van der Waals surface area contributed by atoms with Crippen molar-refractivity contribution in [2.24, 2.45) is 0 Å². The Morgan fingerprint density at radius 1 is 1.30 bits per heavy atom. The van der Waals surface area contributed by atoms with Crippen LogP contribution in [0.3, 0.4) is 0 Å². The number of hydrogen-bond acceptors (Lipinski definition) is 3. The molecule has 0 aliphatic rings. The van der Waals surface area contributed by atoms with E-state index in [4.69, 9.17) is 10.2 Å². The second-order valence-corrected chi connectivity index (χ2v) is 4.72. The molecular weight excluding hydrogens is 252 g/mol. The maximum absolute atomic E-state index is 12.4. The summed E-state index contributed by atoms with van der Waals surface area (Å²) in [4.78, 5) is 14.2. The molecular formula is C16H20N2O2. The number of furan rings is 1. The third-order valence-corrected chi connectivity index (χ3v) is 3.10. The van der Waals surface area contributed by atoms with E-state index in [0.717, 1.165) is 17.9 Å². The lowest BCUT2D eigenvalue weighted by Crippen LogP contribution is -2.31. The van der Waals surface area contributed by atoms with Crippen LogP contribution in [0.2, 0.25) is 0 Å². The lowest BCUT2D eigenvalue weighted by molar-refractivity contribution is -0.118. The van der Waals surface area contributed by atoms with Gasteiger partial charge in [-0.25, -0.2) is 0 Å². The Morgan fingerprint density at radius 2 is 2.15 bits per heavy atom. The van der Waals surface area contributed by atoms with E-state index in [-0.39, 0.29) is 5.91 Å². The van der Waals surface area contributed by atoms with Crippen molar-refractivity contribution in [3.63, 3.8) is 0 Å². The molecule has 4 nitrogen and oxygen atoms in total. The quantitative estimate of drug-likeness (QED) is 0.821. The van der Waals surface area contributed by atoms with Gasteiger partial charge in [-0.3, -0.25) is 4.79 Å². The largest absolute Gasteiger partial charge is 0.469 e. The number of nitrogens with zero attached hydrogens (tertiary/aromatic N) is 1. The summed E-state index contributed by atoms with van der Waals surface area (Å²) < 4.78 is 5.26. The molecule has 1 aromatic carbocycles. The van der Waals surface area contributed by atoms with Gasteiger partial charge in [-0.1, -0.05) is 13.0 Å². The van der Waals surface area contributed by atoms with Crippen LogP contribution in [0.1, 0.15) is 25.5 Å². The predicted octanol–water partition coefficient (Wildman–Crippen LogP) is 3.24. The zero-order valence-corrected chi connectivity index (χ0v) is 11.7. The van der Waals surface area contributed by atoms with Gasteiger partial charge in [-0.15, -0.1) is 0 Å². The minimum Gasteiger partial charge on any atom is -0.469 e. The van der Waals surface area contributed by atoms with Gasteiger partial charge in [0.05, 0.1) is 6.26 Å². The molecule has 4 heteroatoms. The molecule has 1 heterocycles. The molecule has 2 aromatic rings. The number of carbonyl (C=O) groups is 1. The second kappa shape index (κ2) is 6.80. The third kappa shape index (κ3) is 3.63.